The van der Waals surface area contributed by atoms with E-state index in [0.717, 1.165) is 29.7 Å². The maximum absolute atomic E-state index is 14.7. The summed E-state index contributed by atoms with van der Waals surface area (Å²) in [5.74, 6) is -1.61. The predicted molar refractivity (Wildman–Crippen MR) is 226 cm³/mol. The summed E-state index contributed by atoms with van der Waals surface area (Å²) >= 11 is 0. The first-order chi connectivity index (χ1) is 28.2. The molecule has 5 atom stereocenters. The van der Waals surface area contributed by atoms with Crippen LogP contribution in [0.1, 0.15) is 137 Å². The number of Topliss-reactive ketones (excluding diaryl/α,β-unsaturated/α-hetero) is 1. The number of alkyl carbamates (subject to hydrolysis) is 1. The van der Waals surface area contributed by atoms with Crippen LogP contribution in [-0.4, -0.2) is 91.4 Å². The van der Waals surface area contributed by atoms with Crippen LogP contribution in [0, 0.1) is 11.3 Å². The fraction of sp³-hybridized carbons (Fsp3) is 0.636. The molecule has 4 aliphatic rings. The molecule has 16 heteroatoms. The van der Waals surface area contributed by atoms with Crippen LogP contribution in [0.3, 0.4) is 0 Å². The number of ketones is 1. The van der Waals surface area contributed by atoms with Gasteiger partial charge >= 0.3 is 6.09 Å². The molecule has 1 aromatic carbocycles. The number of rotatable bonds is 9. The predicted octanol–water partition coefficient (Wildman–Crippen LogP) is 6.65. The highest BCUT2D eigenvalue weighted by molar-refractivity contribution is 7.91. The number of sulfonamides is 1. The molecule has 3 fully saturated rings. The van der Waals surface area contributed by atoms with Crippen LogP contribution >= 0.6 is 0 Å². The number of nitrogens with one attached hydrogen (secondary N) is 2. The number of carbonyl (C=O) groups is 4. The monoisotopic (exact) mass is 847 g/mol. The van der Waals surface area contributed by atoms with E-state index in [-0.39, 0.29) is 43.0 Å². The standard InChI is InChI=1S/C44H61N7O8S/c1-27(2)31-19-22-50(47-31)33-17-14-18-34-37(33)46-40(51(34)28(3)4)58-30-23-35-36(52)25-44(39(54)48-60(56,57)43(8)20-21-43)24-29(44)15-12-10-9-11-13-16-32(38(53)49(35)26-30)45-41(55)59-42(5,6)7/h12,14-15,17-19,22,27-30,32,35H,9-11,13,16,20-21,23-26H2,1-8H3,(H,45,55)(H,48,54)/b15-12-/t29-,30-,32+,35+,44-/m1/s1. The Morgan fingerprint density at radius 2 is 1.78 bits per heavy atom. The summed E-state index contributed by atoms with van der Waals surface area (Å²) in [5, 5.41) is 7.59. The second-order valence-electron chi connectivity index (χ2n) is 19.1. The molecular formula is C44H61N7O8S. The van der Waals surface area contributed by atoms with E-state index in [1.165, 1.54) is 4.90 Å². The lowest BCUT2D eigenvalue weighted by molar-refractivity contribution is -0.140. The maximum atomic E-state index is 14.7. The van der Waals surface area contributed by atoms with Gasteiger partial charge in [-0.15, -0.1) is 0 Å². The second-order valence-corrected chi connectivity index (χ2v) is 21.3. The van der Waals surface area contributed by atoms with Gasteiger partial charge in [0.15, 0.2) is 5.78 Å². The minimum Gasteiger partial charge on any atom is -0.459 e. The van der Waals surface area contributed by atoms with Crippen molar-refractivity contribution in [3.8, 4) is 11.7 Å². The van der Waals surface area contributed by atoms with Gasteiger partial charge in [0.1, 0.15) is 23.3 Å². The number of fused-ring (bicyclic) bond motifs is 3. The Kier molecular flexibility index (Phi) is 11.8. The molecule has 60 heavy (non-hydrogen) atoms. The van der Waals surface area contributed by atoms with Crippen molar-refractivity contribution in [2.75, 3.05) is 6.54 Å². The van der Waals surface area contributed by atoms with Crippen molar-refractivity contribution in [3.05, 3.63) is 48.3 Å². The van der Waals surface area contributed by atoms with Gasteiger partial charge in [-0.05, 0) is 110 Å². The zero-order chi connectivity index (χ0) is 43.4. The molecule has 4 heterocycles. The van der Waals surface area contributed by atoms with Gasteiger partial charge in [-0.25, -0.2) is 17.9 Å². The van der Waals surface area contributed by atoms with E-state index in [1.807, 2.05) is 65.7 Å². The molecule has 1 saturated heterocycles. The molecular weight excluding hydrogens is 787 g/mol. The minimum absolute atomic E-state index is 0.0159. The van der Waals surface area contributed by atoms with Gasteiger partial charge < -0.3 is 19.7 Å². The van der Waals surface area contributed by atoms with Crippen LogP contribution in [0.4, 0.5) is 4.79 Å². The zero-order valence-corrected chi connectivity index (χ0v) is 37.0. The maximum Gasteiger partial charge on any atom is 0.408 e. The summed E-state index contributed by atoms with van der Waals surface area (Å²) in [6.45, 7) is 15.1. The van der Waals surface area contributed by atoms with Gasteiger partial charge in [0, 0.05) is 25.1 Å². The van der Waals surface area contributed by atoms with E-state index in [2.05, 4.69) is 23.9 Å². The first-order valence-corrected chi connectivity index (χ1v) is 23.0. The summed E-state index contributed by atoms with van der Waals surface area (Å²) in [7, 11) is -3.96. The highest BCUT2D eigenvalue weighted by Gasteiger charge is 2.62. The SMILES string of the molecule is CC(C)c1ccn(-c2cccc3c2nc(O[C@@H]2C[C@H]4C(=O)C[C@]5(C(=O)NS(=O)(=O)C6(C)CC6)C[C@H]5/C=C\CCCCC[C@H](NC(=O)OC(C)(C)C)C(=O)N4C2)n3C(C)C)n1. The van der Waals surface area contributed by atoms with E-state index in [4.69, 9.17) is 19.6 Å². The lowest BCUT2D eigenvalue weighted by Crippen LogP contribution is -2.53. The van der Waals surface area contributed by atoms with Crippen LogP contribution in [0.15, 0.2) is 42.6 Å². The van der Waals surface area contributed by atoms with E-state index in [0.29, 0.717) is 50.1 Å². The summed E-state index contributed by atoms with van der Waals surface area (Å²) in [5.41, 5.74) is 1.14. The Hall–Kier alpha value is -4.73. The number of imidazole rings is 1. The number of hydrogen-bond acceptors (Lipinski definition) is 10. The largest absolute Gasteiger partial charge is 0.459 e. The van der Waals surface area contributed by atoms with Gasteiger partial charge in [0.2, 0.25) is 21.8 Å². The lowest BCUT2D eigenvalue weighted by atomic mass is 9.91. The van der Waals surface area contributed by atoms with Gasteiger partial charge in [-0.2, -0.15) is 10.1 Å². The number of ether oxygens (including phenoxy) is 2. The molecule has 3 amide bonds. The van der Waals surface area contributed by atoms with Crippen LogP contribution < -0.4 is 14.8 Å². The average molecular weight is 848 g/mol. The van der Waals surface area contributed by atoms with Crippen molar-refractivity contribution in [1.29, 1.82) is 0 Å². The average Bonchev–Trinajstić information content (AvgIpc) is 3.82. The molecule has 2 saturated carbocycles. The minimum atomic E-state index is -3.96. The first kappa shape index (κ1) is 43.4. The molecule has 2 aliphatic heterocycles. The smallest absolute Gasteiger partial charge is 0.408 e. The normalized spacial score (nSPS) is 26.5. The molecule has 326 valence electrons. The summed E-state index contributed by atoms with van der Waals surface area (Å²) in [4.78, 5) is 63.1. The fourth-order valence-corrected chi connectivity index (χ4v) is 9.85. The first-order valence-electron chi connectivity index (χ1n) is 21.5. The van der Waals surface area contributed by atoms with E-state index < -0.39 is 61.9 Å². The summed E-state index contributed by atoms with van der Waals surface area (Å²) in [6, 6.07) is 6.09. The molecule has 2 aliphatic carbocycles. The third-order valence-electron chi connectivity index (χ3n) is 12.4. The van der Waals surface area contributed by atoms with Gasteiger partial charge in [-0.1, -0.05) is 44.9 Å². The van der Waals surface area contributed by atoms with Crippen molar-refractivity contribution in [2.45, 2.75) is 160 Å². The number of carbonyl (C=O) groups excluding carboxylic acids is 4. The van der Waals surface area contributed by atoms with Crippen molar-refractivity contribution in [1.82, 2.24) is 34.3 Å². The molecule has 0 unspecified atom stereocenters. The van der Waals surface area contributed by atoms with Crippen LogP contribution in [0.2, 0.25) is 0 Å². The Labute approximate surface area is 353 Å². The van der Waals surface area contributed by atoms with Crippen LogP contribution in [0.5, 0.6) is 6.01 Å². The Morgan fingerprint density at radius 3 is 2.45 bits per heavy atom. The summed E-state index contributed by atoms with van der Waals surface area (Å²) in [6.07, 6.45) is 8.74. The lowest BCUT2D eigenvalue weighted by Gasteiger charge is -2.30. The Morgan fingerprint density at radius 1 is 1.03 bits per heavy atom. The number of hydrogen-bond donors (Lipinski definition) is 2. The molecule has 15 nitrogen and oxygen atoms in total. The zero-order valence-electron chi connectivity index (χ0n) is 36.2. The summed E-state index contributed by atoms with van der Waals surface area (Å²) < 4.78 is 44.0. The molecule has 7 rings (SSSR count). The second kappa shape index (κ2) is 16.3. The van der Waals surface area contributed by atoms with E-state index in [9.17, 15) is 27.6 Å². The third kappa shape index (κ3) is 8.85. The van der Waals surface area contributed by atoms with Gasteiger partial charge in [-0.3, -0.25) is 23.7 Å². The number of benzene rings is 1. The highest BCUT2D eigenvalue weighted by Crippen LogP contribution is 2.57. The number of aromatic nitrogens is 4. The Bertz CT molecular complexity index is 2280. The molecule has 3 aromatic rings. The van der Waals surface area contributed by atoms with Crippen molar-refractivity contribution in [2.24, 2.45) is 11.3 Å². The molecule has 2 aromatic heterocycles. The number of amides is 3. The van der Waals surface area contributed by atoms with Gasteiger partial charge in [0.05, 0.1) is 39.6 Å². The van der Waals surface area contributed by atoms with Crippen LogP contribution in [-0.2, 0) is 29.1 Å². The van der Waals surface area contributed by atoms with E-state index >= 15 is 0 Å². The number of allylic oxidation sites excluding steroid dienone is 2. The molecule has 2 N–H and O–H groups in total. The molecule has 0 spiro atoms. The van der Waals surface area contributed by atoms with Crippen molar-refractivity contribution in [3.63, 3.8) is 0 Å². The van der Waals surface area contributed by atoms with Crippen molar-refractivity contribution >= 4 is 44.7 Å². The Balaban J connectivity index is 1.22. The van der Waals surface area contributed by atoms with Crippen LogP contribution in [0.25, 0.3) is 16.7 Å². The number of nitrogens with zero attached hydrogens (tertiary/aromatic N) is 5. The fourth-order valence-electron chi connectivity index (χ4n) is 8.51. The topological polar surface area (TPSA) is 184 Å². The molecule has 0 radical (unpaired) electrons. The third-order valence-corrected chi connectivity index (χ3v) is 14.6. The quantitative estimate of drug-likeness (QED) is 0.221. The van der Waals surface area contributed by atoms with E-state index in [1.54, 1.807) is 27.7 Å². The number of para-hydroxylation sites is 1. The highest BCUT2D eigenvalue weighted by atomic mass is 32.2. The van der Waals surface area contributed by atoms with Gasteiger partial charge in [0.25, 0.3) is 6.01 Å². The van der Waals surface area contributed by atoms with Crippen molar-refractivity contribution < 1.29 is 37.1 Å². The molecule has 0 bridgehead atoms.